The van der Waals surface area contributed by atoms with Gasteiger partial charge < -0.3 is 0 Å². The van der Waals surface area contributed by atoms with Crippen molar-refractivity contribution < 1.29 is 0 Å². The fourth-order valence-corrected chi connectivity index (χ4v) is 4.89. The highest BCUT2D eigenvalue weighted by molar-refractivity contribution is 9.09. The van der Waals surface area contributed by atoms with Crippen molar-refractivity contribution in [2.45, 2.75) is 43.4 Å². The topological polar surface area (TPSA) is 25.8 Å². The lowest BCUT2D eigenvalue weighted by Gasteiger charge is -2.37. The molecular weight excluding hydrogens is 300 g/mol. The first-order chi connectivity index (χ1) is 8.90. The summed E-state index contributed by atoms with van der Waals surface area (Å²) in [6, 6.07) is 8.19. The highest BCUT2D eigenvalue weighted by Gasteiger charge is 2.69. The van der Waals surface area contributed by atoms with Crippen LogP contribution in [0.3, 0.4) is 0 Å². The van der Waals surface area contributed by atoms with Gasteiger partial charge in [-0.2, -0.15) is 0 Å². The first-order valence-electron chi connectivity index (χ1n) is 6.87. The summed E-state index contributed by atoms with van der Waals surface area (Å²) >= 11 is 4.03. The maximum Gasteiger partial charge on any atom is 0.0891 e. The molecule has 2 aliphatic rings. The van der Waals surface area contributed by atoms with Gasteiger partial charge in [0.05, 0.1) is 26.7 Å². The second kappa shape index (κ2) is 3.20. The van der Waals surface area contributed by atoms with Crippen LogP contribution in [0.5, 0.6) is 0 Å². The summed E-state index contributed by atoms with van der Waals surface area (Å²) in [6.07, 6.45) is 2.34. The highest BCUT2D eigenvalue weighted by atomic mass is 79.9. The number of nitrogens with zero attached hydrogens (tertiary/aromatic N) is 2. The van der Waals surface area contributed by atoms with Crippen molar-refractivity contribution in [1.82, 2.24) is 9.97 Å². The Kier molecular flexibility index (Phi) is 1.99. The number of hydrogen-bond donors (Lipinski definition) is 0. The van der Waals surface area contributed by atoms with Gasteiger partial charge in [-0.15, -0.1) is 0 Å². The SMILES string of the molecule is CC12CCC(Br)(c3nc4ccccc4nc31)C2(C)C. The summed E-state index contributed by atoms with van der Waals surface area (Å²) in [5, 5.41) is 0. The number of hydrogen-bond acceptors (Lipinski definition) is 2. The first kappa shape index (κ1) is 11.8. The van der Waals surface area contributed by atoms with E-state index in [1.807, 2.05) is 12.1 Å². The van der Waals surface area contributed by atoms with E-state index in [9.17, 15) is 0 Å². The standard InChI is InChI=1S/C16H17BrN2/c1-14(2)15(3)8-9-16(14,17)13-12(15)18-10-6-4-5-7-11(10)19-13/h4-7H,8-9H2,1-3H3. The van der Waals surface area contributed by atoms with Gasteiger partial charge in [0, 0.05) is 5.41 Å². The smallest absolute Gasteiger partial charge is 0.0891 e. The quantitative estimate of drug-likeness (QED) is 0.677. The van der Waals surface area contributed by atoms with Crippen LogP contribution in [-0.2, 0) is 9.74 Å². The van der Waals surface area contributed by atoms with E-state index < -0.39 is 0 Å². The molecule has 1 fully saturated rings. The first-order valence-corrected chi connectivity index (χ1v) is 7.66. The van der Waals surface area contributed by atoms with E-state index in [1.54, 1.807) is 0 Å². The Morgan fingerprint density at radius 2 is 1.53 bits per heavy atom. The number of rotatable bonds is 0. The fraction of sp³-hybridized carbons (Fsp3) is 0.500. The number of alkyl halides is 1. The van der Waals surface area contributed by atoms with E-state index in [-0.39, 0.29) is 15.2 Å². The van der Waals surface area contributed by atoms with Gasteiger partial charge in [0.2, 0.25) is 0 Å². The molecule has 2 unspecified atom stereocenters. The van der Waals surface area contributed by atoms with E-state index in [0.717, 1.165) is 17.5 Å². The third kappa shape index (κ3) is 1.11. The summed E-state index contributed by atoms with van der Waals surface area (Å²) in [5.41, 5.74) is 4.68. The van der Waals surface area contributed by atoms with Gasteiger partial charge in [-0.25, -0.2) is 9.97 Å². The van der Waals surface area contributed by atoms with Crippen LogP contribution in [0.2, 0.25) is 0 Å². The number of aromatic nitrogens is 2. The average Bonchev–Trinajstić information content (AvgIpc) is 2.65. The predicted molar refractivity (Wildman–Crippen MR) is 80.5 cm³/mol. The highest BCUT2D eigenvalue weighted by Crippen LogP contribution is 2.72. The Labute approximate surface area is 121 Å². The lowest BCUT2D eigenvalue weighted by Crippen LogP contribution is -2.36. The zero-order valence-corrected chi connectivity index (χ0v) is 13.1. The Bertz CT molecular complexity index is 650. The maximum absolute atomic E-state index is 4.96. The molecule has 19 heavy (non-hydrogen) atoms. The van der Waals surface area contributed by atoms with Gasteiger partial charge in [-0.05, 0) is 30.4 Å². The Morgan fingerprint density at radius 3 is 2.16 bits per heavy atom. The minimum Gasteiger partial charge on any atom is -0.249 e. The van der Waals surface area contributed by atoms with Gasteiger partial charge in [0.15, 0.2) is 0 Å². The van der Waals surface area contributed by atoms with Gasteiger partial charge in [-0.1, -0.05) is 48.8 Å². The van der Waals surface area contributed by atoms with Crippen molar-refractivity contribution in [2.75, 3.05) is 0 Å². The minimum atomic E-state index is -0.0128. The van der Waals surface area contributed by atoms with Crippen molar-refractivity contribution >= 4 is 27.0 Å². The molecular formula is C16H17BrN2. The van der Waals surface area contributed by atoms with Crippen molar-refractivity contribution in [1.29, 1.82) is 0 Å². The molecule has 0 saturated heterocycles. The number of benzene rings is 1. The summed E-state index contributed by atoms with van der Waals surface area (Å²) in [4.78, 5) is 9.90. The molecule has 1 heterocycles. The lowest BCUT2D eigenvalue weighted by atomic mass is 9.70. The van der Waals surface area contributed by atoms with Gasteiger partial charge >= 0.3 is 0 Å². The molecule has 2 atom stereocenters. The molecule has 0 N–H and O–H groups in total. The molecule has 98 valence electrons. The van der Waals surface area contributed by atoms with E-state index in [2.05, 4.69) is 48.8 Å². The van der Waals surface area contributed by atoms with Crippen LogP contribution < -0.4 is 0 Å². The summed E-state index contributed by atoms with van der Waals surface area (Å²) in [6.45, 7) is 7.05. The molecule has 2 bridgehead atoms. The van der Waals surface area contributed by atoms with Gasteiger partial charge in [0.1, 0.15) is 0 Å². The second-order valence-corrected chi connectivity index (χ2v) is 8.02. The molecule has 0 aliphatic heterocycles. The summed E-state index contributed by atoms with van der Waals surface area (Å²) < 4.78 is -0.0128. The van der Waals surface area contributed by atoms with Crippen LogP contribution in [0, 0.1) is 5.41 Å². The zero-order valence-electron chi connectivity index (χ0n) is 11.5. The van der Waals surface area contributed by atoms with Crippen LogP contribution in [-0.4, -0.2) is 9.97 Å². The minimum absolute atomic E-state index is 0.0128. The third-order valence-electron chi connectivity index (χ3n) is 5.81. The molecule has 2 aliphatic carbocycles. The molecule has 2 aromatic rings. The van der Waals surface area contributed by atoms with Crippen molar-refractivity contribution in [3.63, 3.8) is 0 Å². The van der Waals surface area contributed by atoms with Crippen LogP contribution in [0.25, 0.3) is 11.0 Å². The van der Waals surface area contributed by atoms with Crippen molar-refractivity contribution in [3.05, 3.63) is 35.7 Å². The number of fused-ring (bicyclic) bond motifs is 6. The maximum atomic E-state index is 4.96. The van der Waals surface area contributed by atoms with Crippen LogP contribution >= 0.6 is 15.9 Å². The van der Waals surface area contributed by atoms with Crippen molar-refractivity contribution in [3.8, 4) is 0 Å². The lowest BCUT2D eigenvalue weighted by molar-refractivity contribution is 0.215. The largest absolute Gasteiger partial charge is 0.249 e. The normalized spacial score (nSPS) is 34.7. The second-order valence-electron chi connectivity index (χ2n) is 6.67. The number of para-hydroxylation sites is 2. The van der Waals surface area contributed by atoms with E-state index in [1.165, 1.54) is 17.8 Å². The molecule has 2 nitrogen and oxygen atoms in total. The summed E-state index contributed by atoms with van der Waals surface area (Å²) in [5.74, 6) is 0. The van der Waals surface area contributed by atoms with Crippen molar-refractivity contribution in [2.24, 2.45) is 5.41 Å². The Morgan fingerprint density at radius 1 is 0.947 bits per heavy atom. The van der Waals surface area contributed by atoms with Crippen LogP contribution in [0.15, 0.2) is 24.3 Å². The van der Waals surface area contributed by atoms with E-state index in [0.29, 0.717) is 0 Å². The molecule has 1 aromatic heterocycles. The molecule has 1 aromatic carbocycles. The van der Waals surface area contributed by atoms with E-state index >= 15 is 0 Å². The molecule has 0 radical (unpaired) electrons. The van der Waals surface area contributed by atoms with E-state index in [4.69, 9.17) is 9.97 Å². The van der Waals surface area contributed by atoms with Crippen LogP contribution in [0.1, 0.15) is 45.0 Å². The van der Waals surface area contributed by atoms with Gasteiger partial charge in [-0.3, -0.25) is 0 Å². The average molecular weight is 317 g/mol. The van der Waals surface area contributed by atoms with Gasteiger partial charge in [0.25, 0.3) is 0 Å². The molecule has 0 amide bonds. The monoisotopic (exact) mass is 316 g/mol. The Balaban J connectivity index is 2.13. The molecule has 1 saturated carbocycles. The third-order valence-corrected chi connectivity index (χ3v) is 7.57. The predicted octanol–water partition coefficient (Wildman–Crippen LogP) is 4.31. The molecule has 3 heteroatoms. The molecule has 0 spiro atoms. The zero-order chi connectivity index (χ0) is 13.5. The fourth-order valence-electron chi connectivity index (χ4n) is 3.97. The molecule has 4 rings (SSSR count). The summed E-state index contributed by atoms with van der Waals surface area (Å²) in [7, 11) is 0. The number of halogens is 1. The Hall–Kier alpha value is -0.960. The van der Waals surface area contributed by atoms with Crippen LogP contribution in [0.4, 0.5) is 0 Å².